The van der Waals surface area contributed by atoms with Crippen molar-refractivity contribution < 1.29 is 24.0 Å². The highest BCUT2D eigenvalue weighted by Gasteiger charge is 2.12. The molecule has 31 heavy (non-hydrogen) atoms. The lowest BCUT2D eigenvalue weighted by Crippen LogP contribution is -2.22. The minimum atomic E-state index is -0.567. The van der Waals surface area contributed by atoms with Crippen LogP contribution in [0, 0.1) is 10.1 Å². The van der Waals surface area contributed by atoms with E-state index in [4.69, 9.17) is 9.47 Å². The van der Waals surface area contributed by atoms with E-state index in [1.54, 1.807) is 42.9 Å². The van der Waals surface area contributed by atoms with Gasteiger partial charge in [-0.2, -0.15) is 4.99 Å². The number of amides is 1. The smallest absolute Gasteiger partial charge is 0.326 e. The monoisotopic (exact) mass is 441 g/mol. The maximum Gasteiger partial charge on any atom is 0.326 e. The summed E-state index contributed by atoms with van der Waals surface area (Å²) >= 11 is 1.23. The second-order valence-corrected chi connectivity index (χ2v) is 7.25. The predicted octanol–water partition coefficient (Wildman–Crippen LogP) is 3.32. The van der Waals surface area contributed by atoms with Gasteiger partial charge in [0.15, 0.2) is 4.80 Å². The third kappa shape index (κ3) is 5.43. The lowest BCUT2D eigenvalue weighted by Gasteiger charge is -2.05. The molecule has 3 aromatic rings. The largest absolute Gasteiger partial charge is 0.497 e. The lowest BCUT2D eigenvalue weighted by atomic mass is 10.2. The fourth-order valence-corrected chi connectivity index (χ4v) is 3.86. The molecular weight excluding hydrogens is 422 g/mol. The van der Waals surface area contributed by atoms with Crippen molar-refractivity contribution in [2.45, 2.75) is 13.5 Å². The van der Waals surface area contributed by atoms with E-state index in [0.29, 0.717) is 21.6 Å². The number of nitro groups is 1. The number of ether oxygens (including phenoxy) is 2. The standard InChI is InChI=1S/C21H19N3O6S/c1-3-30-20(26)13-23-17-9-8-16(29-2)12-18(17)31-21(23)22-19(25)10-7-14-5-4-6-15(11-14)24(27)28/h4-12H,3,13H2,1-2H3/b10-7+,22-21?. The van der Waals surface area contributed by atoms with Crippen LogP contribution in [0.15, 0.2) is 53.5 Å². The third-order valence-corrected chi connectivity index (χ3v) is 5.23. The molecule has 0 aliphatic rings. The lowest BCUT2D eigenvalue weighted by molar-refractivity contribution is -0.384. The van der Waals surface area contributed by atoms with Gasteiger partial charge in [-0.05, 0) is 36.8 Å². The Balaban J connectivity index is 1.97. The molecule has 9 nitrogen and oxygen atoms in total. The van der Waals surface area contributed by atoms with Gasteiger partial charge >= 0.3 is 5.97 Å². The van der Waals surface area contributed by atoms with E-state index in [-0.39, 0.29) is 18.8 Å². The first kappa shape index (κ1) is 21.9. The van der Waals surface area contributed by atoms with E-state index in [9.17, 15) is 19.7 Å². The maximum atomic E-state index is 12.4. The fourth-order valence-electron chi connectivity index (χ4n) is 2.80. The first-order valence-corrected chi connectivity index (χ1v) is 10.1. The second-order valence-electron chi connectivity index (χ2n) is 6.24. The number of carbonyl (C=O) groups excluding carboxylic acids is 2. The Labute approximate surface area is 181 Å². The summed E-state index contributed by atoms with van der Waals surface area (Å²) in [7, 11) is 1.55. The Morgan fingerprint density at radius 3 is 2.77 bits per heavy atom. The Hall–Kier alpha value is -3.79. The van der Waals surface area contributed by atoms with Crippen LogP contribution >= 0.6 is 11.3 Å². The van der Waals surface area contributed by atoms with Gasteiger partial charge in [0.1, 0.15) is 12.3 Å². The quantitative estimate of drug-likeness (QED) is 0.241. The number of thiazole rings is 1. The van der Waals surface area contributed by atoms with Gasteiger partial charge in [0.05, 0.1) is 28.9 Å². The summed E-state index contributed by atoms with van der Waals surface area (Å²) in [5, 5.41) is 10.9. The van der Waals surface area contributed by atoms with Crippen LogP contribution in [0.25, 0.3) is 16.3 Å². The molecule has 0 unspecified atom stereocenters. The molecule has 0 aliphatic heterocycles. The van der Waals surface area contributed by atoms with Crippen molar-refractivity contribution in [2.75, 3.05) is 13.7 Å². The van der Waals surface area contributed by atoms with Crippen molar-refractivity contribution in [2.24, 2.45) is 4.99 Å². The Bertz CT molecular complexity index is 1240. The molecule has 0 saturated heterocycles. The van der Waals surface area contributed by atoms with E-state index in [2.05, 4.69) is 4.99 Å². The van der Waals surface area contributed by atoms with Crippen molar-refractivity contribution in [3.63, 3.8) is 0 Å². The predicted molar refractivity (Wildman–Crippen MR) is 116 cm³/mol. The molecule has 0 fully saturated rings. The van der Waals surface area contributed by atoms with Crippen molar-refractivity contribution in [3.8, 4) is 5.75 Å². The molecule has 0 bridgehead atoms. The van der Waals surface area contributed by atoms with Crippen molar-refractivity contribution >= 4 is 45.2 Å². The number of aromatic nitrogens is 1. The molecule has 0 N–H and O–H groups in total. The number of nitro benzene ring substituents is 1. The van der Waals surface area contributed by atoms with E-state index in [1.807, 2.05) is 0 Å². The average molecular weight is 441 g/mol. The highest BCUT2D eigenvalue weighted by molar-refractivity contribution is 7.16. The Kier molecular flexibility index (Phi) is 6.93. The van der Waals surface area contributed by atoms with Gasteiger partial charge < -0.3 is 14.0 Å². The summed E-state index contributed by atoms with van der Waals surface area (Å²) in [6.07, 6.45) is 2.67. The van der Waals surface area contributed by atoms with Gasteiger partial charge in [0.2, 0.25) is 0 Å². The molecule has 0 atom stereocenters. The molecule has 160 valence electrons. The number of hydrogen-bond donors (Lipinski definition) is 0. The summed E-state index contributed by atoms with van der Waals surface area (Å²) in [5.41, 5.74) is 1.14. The molecule has 1 amide bonds. The molecule has 0 spiro atoms. The second kappa shape index (κ2) is 9.81. The maximum absolute atomic E-state index is 12.4. The molecule has 1 heterocycles. The molecule has 3 rings (SSSR count). The first-order valence-electron chi connectivity index (χ1n) is 9.25. The fraction of sp³-hybridized carbons (Fsp3) is 0.190. The van der Waals surface area contributed by atoms with Gasteiger partial charge in [0, 0.05) is 18.2 Å². The highest BCUT2D eigenvalue weighted by Crippen LogP contribution is 2.23. The SMILES string of the molecule is CCOC(=O)Cn1c(=NC(=O)/C=C/c2cccc([N+](=O)[O-])c2)sc2cc(OC)ccc21. The molecule has 0 aliphatic carbocycles. The summed E-state index contributed by atoms with van der Waals surface area (Å²) in [5.74, 6) is -0.373. The van der Waals surface area contributed by atoms with E-state index < -0.39 is 16.8 Å². The van der Waals surface area contributed by atoms with Gasteiger partial charge in [-0.3, -0.25) is 19.7 Å². The average Bonchev–Trinajstić information content (AvgIpc) is 3.08. The van der Waals surface area contributed by atoms with Gasteiger partial charge in [-0.25, -0.2) is 0 Å². The third-order valence-electron chi connectivity index (χ3n) is 4.19. The van der Waals surface area contributed by atoms with Gasteiger partial charge in [0.25, 0.3) is 11.6 Å². The summed E-state index contributed by atoms with van der Waals surface area (Å²) in [6.45, 7) is 1.86. The molecule has 1 aromatic heterocycles. The Morgan fingerprint density at radius 2 is 2.06 bits per heavy atom. The first-order chi connectivity index (χ1) is 14.9. The molecule has 0 saturated carbocycles. The summed E-state index contributed by atoms with van der Waals surface area (Å²) < 4.78 is 12.7. The zero-order valence-electron chi connectivity index (χ0n) is 16.8. The minimum absolute atomic E-state index is 0.0720. The molecule has 2 aromatic carbocycles. The van der Waals surface area contributed by atoms with Crippen molar-refractivity contribution in [1.29, 1.82) is 0 Å². The number of benzene rings is 2. The highest BCUT2D eigenvalue weighted by atomic mass is 32.1. The number of rotatable bonds is 7. The van der Waals surface area contributed by atoms with Crippen LogP contribution in [0.1, 0.15) is 12.5 Å². The zero-order chi connectivity index (χ0) is 22.4. The van der Waals surface area contributed by atoms with Crippen molar-refractivity contribution in [3.05, 3.63) is 69.0 Å². The summed E-state index contributed by atoms with van der Waals surface area (Å²) in [6, 6.07) is 11.2. The Morgan fingerprint density at radius 1 is 1.26 bits per heavy atom. The number of hydrogen-bond acceptors (Lipinski definition) is 7. The van der Waals surface area contributed by atoms with Crippen LogP contribution in [-0.4, -0.2) is 35.1 Å². The molecule has 10 heteroatoms. The number of esters is 1. The van der Waals surface area contributed by atoms with Crippen LogP contribution in [0.5, 0.6) is 5.75 Å². The van der Waals surface area contributed by atoms with Crippen molar-refractivity contribution in [1.82, 2.24) is 4.57 Å². The van der Waals surface area contributed by atoms with Gasteiger partial charge in [-0.1, -0.05) is 23.5 Å². The van der Waals surface area contributed by atoms with E-state index in [1.165, 1.54) is 41.7 Å². The number of fused-ring (bicyclic) bond motifs is 1. The number of nitrogens with zero attached hydrogens (tertiary/aromatic N) is 3. The van der Waals surface area contributed by atoms with Crippen LogP contribution in [0.2, 0.25) is 0 Å². The number of carbonyl (C=O) groups is 2. The molecular formula is C21H19N3O6S. The topological polar surface area (TPSA) is 113 Å². The van der Waals surface area contributed by atoms with Crippen LogP contribution < -0.4 is 9.54 Å². The zero-order valence-corrected chi connectivity index (χ0v) is 17.6. The molecule has 0 radical (unpaired) electrons. The van der Waals surface area contributed by atoms with Gasteiger partial charge in [-0.15, -0.1) is 0 Å². The van der Waals surface area contributed by atoms with Crippen LogP contribution in [0.3, 0.4) is 0 Å². The van der Waals surface area contributed by atoms with E-state index in [0.717, 1.165) is 4.70 Å². The van der Waals surface area contributed by atoms with Crippen LogP contribution in [0.4, 0.5) is 5.69 Å². The normalized spacial score (nSPS) is 11.7. The number of methoxy groups -OCH3 is 1. The number of non-ortho nitro benzene ring substituents is 1. The van der Waals surface area contributed by atoms with Crippen LogP contribution in [-0.2, 0) is 20.9 Å². The minimum Gasteiger partial charge on any atom is -0.497 e. The van der Waals surface area contributed by atoms with E-state index >= 15 is 0 Å². The summed E-state index contributed by atoms with van der Waals surface area (Å²) in [4.78, 5) is 39.3.